The first-order valence-electron chi connectivity index (χ1n) is 5.15. The van der Waals surface area contributed by atoms with Crippen molar-refractivity contribution in [1.29, 1.82) is 0 Å². The van der Waals surface area contributed by atoms with Crippen molar-refractivity contribution in [2.75, 3.05) is 19.3 Å². The van der Waals surface area contributed by atoms with Gasteiger partial charge in [0.25, 0.3) is 0 Å². The highest BCUT2D eigenvalue weighted by molar-refractivity contribution is 8.13. The van der Waals surface area contributed by atoms with Crippen molar-refractivity contribution in [3.63, 3.8) is 0 Å². The number of thiophene rings is 1. The van der Waals surface area contributed by atoms with Crippen LogP contribution in [0, 0.1) is 0 Å². The van der Waals surface area contributed by atoms with Gasteiger partial charge in [0.15, 0.2) is 0 Å². The highest BCUT2D eigenvalue weighted by atomic mass is 35.7. The molecule has 2 rings (SSSR count). The summed E-state index contributed by atoms with van der Waals surface area (Å²) in [5.74, 6) is 0.0315. The lowest BCUT2D eigenvalue weighted by molar-refractivity contribution is 0.315. The zero-order chi connectivity index (χ0) is 11.8. The van der Waals surface area contributed by atoms with Crippen LogP contribution in [0.3, 0.4) is 0 Å². The standard InChI is InChI=1S/C10H14ClNO2S2/c1-12-4-2-10-8(7-12)6-9(15-10)3-5-16(11,13)14/h6H,2-5,7H2,1H3. The first-order chi connectivity index (χ1) is 7.44. The van der Waals surface area contributed by atoms with E-state index in [1.807, 2.05) is 0 Å². The van der Waals surface area contributed by atoms with Gasteiger partial charge in [-0.1, -0.05) is 0 Å². The summed E-state index contributed by atoms with van der Waals surface area (Å²) in [6.07, 6.45) is 1.61. The maximum absolute atomic E-state index is 10.9. The van der Waals surface area contributed by atoms with Gasteiger partial charge in [0, 0.05) is 33.5 Å². The Balaban J connectivity index is 2.07. The van der Waals surface area contributed by atoms with Crippen molar-refractivity contribution in [2.24, 2.45) is 0 Å². The minimum Gasteiger partial charge on any atom is -0.302 e. The van der Waals surface area contributed by atoms with E-state index in [0.29, 0.717) is 6.42 Å². The van der Waals surface area contributed by atoms with Gasteiger partial charge < -0.3 is 4.90 Å². The molecule has 0 spiro atoms. The van der Waals surface area contributed by atoms with E-state index < -0.39 is 9.05 Å². The average molecular weight is 280 g/mol. The Kier molecular flexibility index (Phi) is 3.59. The van der Waals surface area contributed by atoms with Crippen LogP contribution in [0.1, 0.15) is 15.3 Å². The van der Waals surface area contributed by atoms with Gasteiger partial charge in [-0.3, -0.25) is 0 Å². The van der Waals surface area contributed by atoms with E-state index >= 15 is 0 Å². The number of aryl methyl sites for hydroxylation is 1. The molecular formula is C10H14ClNO2S2. The molecule has 0 amide bonds. The summed E-state index contributed by atoms with van der Waals surface area (Å²) in [5.41, 5.74) is 1.35. The molecule has 0 aromatic carbocycles. The number of rotatable bonds is 3. The first kappa shape index (κ1) is 12.4. The first-order valence-corrected chi connectivity index (χ1v) is 8.45. The topological polar surface area (TPSA) is 37.4 Å². The van der Waals surface area contributed by atoms with Crippen LogP contribution in [0.5, 0.6) is 0 Å². The Morgan fingerprint density at radius 1 is 1.56 bits per heavy atom. The van der Waals surface area contributed by atoms with Crippen molar-refractivity contribution in [3.05, 3.63) is 21.4 Å². The van der Waals surface area contributed by atoms with Gasteiger partial charge in [-0.05, 0) is 31.5 Å². The van der Waals surface area contributed by atoms with Crippen LogP contribution in [0.2, 0.25) is 0 Å². The van der Waals surface area contributed by atoms with Crippen molar-refractivity contribution >= 4 is 31.1 Å². The molecule has 1 aromatic rings. The molecule has 16 heavy (non-hydrogen) atoms. The average Bonchev–Trinajstić information content (AvgIpc) is 2.55. The monoisotopic (exact) mass is 279 g/mol. The predicted molar refractivity (Wildman–Crippen MR) is 67.7 cm³/mol. The maximum atomic E-state index is 10.9. The van der Waals surface area contributed by atoms with Gasteiger partial charge in [0.05, 0.1) is 5.75 Å². The minimum atomic E-state index is -3.37. The van der Waals surface area contributed by atoms with E-state index in [4.69, 9.17) is 10.7 Å². The van der Waals surface area contributed by atoms with Crippen LogP contribution in [0.25, 0.3) is 0 Å². The number of fused-ring (bicyclic) bond motifs is 1. The molecule has 0 radical (unpaired) electrons. The molecule has 0 bridgehead atoms. The number of hydrogen-bond donors (Lipinski definition) is 0. The van der Waals surface area contributed by atoms with Crippen LogP contribution in [-0.2, 0) is 28.4 Å². The van der Waals surface area contributed by atoms with Gasteiger partial charge in [-0.15, -0.1) is 11.3 Å². The van der Waals surface area contributed by atoms with Crippen LogP contribution in [-0.4, -0.2) is 32.7 Å². The van der Waals surface area contributed by atoms with Gasteiger partial charge in [-0.25, -0.2) is 8.42 Å². The molecule has 0 saturated heterocycles. The molecule has 3 nitrogen and oxygen atoms in total. The smallest absolute Gasteiger partial charge is 0.232 e. The fourth-order valence-corrected chi connectivity index (χ4v) is 3.88. The van der Waals surface area contributed by atoms with Crippen LogP contribution in [0.4, 0.5) is 0 Å². The third-order valence-electron chi connectivity index (χ3n) is 2.70. The lowest BCUT2D eigenvalue weighted by Crippen LogP contribution is -2.25. The Hall–Kier alpha value is -0.100. The predicted octanol–water partition coefficient (Wildman–Crippen LogP) is 1.85. The molecule has 1 aliphatic rings. The third kappa shape index (κ3) is 3.20. The Morgan fingerprint density at radius 3 is 3.00 bits per heavy atom. The molecule has 0 fully saturated rings. The Morgan fingerprint density at radius 2 is 2.31 bits per heavy atom. The van der Waals surface area contributed by atoms with Crippen LogP contribution in [0.15, 0.2) is 6.07 Å². The van der Waals surface area contributed by atoms with E-state index in [2.05, 4.69) is 18.0 Å². The van der Waals surface area contributed by atoms with E-state index in [0.717, 1.165) is 24.4 Å². The van der Waals surface area contributed by atoms with Gasteiger partial charge in [0.2, 0.25) is 9.05 Å². The Bertz CT molecular complexity index is 481. The summed E-state index contributed by atoms with van der Waals surface area (Å²) in [6.45, 7) is 2.06. The molecule has 0 aliphatic carbocycles. The summed E-state index contributed by atoms with van der Waals surface area (Å²) in [6, 6.07) is 2.12. The summed E-state index contributed by atoms with van der Waals surface area (Å²) >= 11 is 1.73. The molecule has 1 aliphatic heterocycles. The highest BCUT2D eigenvalue weighted by Crippen LogP contribution is 2.28. The van der Waals surface area contributed by atoms with E-state index in [9.17, 15) is 8.42 Å². The van der Waals surface area contributed by atoms with Crippen molar-refractivity contribution in [2.45, 2.75) is 19.4 Å². The summed E-state index contributed by atoms with van der Waals surface area (Å²) in [5, 5.41) is 0. The lowest BCUT2D eigenvalue weighted by atomic mass is 10.1. The number of likely N-dealkylation sites (N-methyl/N-ethyl adjacent to an activating group) is 1. The number of hydrogen-bond acceptors (Lipinski definition) is 4. The third-order valence-corrected chi connectivity index (χ3v) is 5.15. The SMILES string of the molecule is CN1CCc2sc(CCS(=O)(=O)Cl)cc2C1. The molecular weight excluding hydrogens is 266 g/mol. The molecule has 0 atom stereocenters. The summed E-state index contributed by atoms with van der Waals surface area (Å²) in [7, 11) is 3.94. The van der Waals surface area contributed by atoms with E-state index in [1.54, 1.807) is 11.3 Å². The Labute approximate surface area is 104 Å². The summed E-state index contributed by atoms with van der Waals surface area (Å²) < 4.78 is 21.7. The highest BCUT2D eigenvalue weighted by Gasteiger charge is 2.17. The second-order valence-corrected chi connectivity index (χ2v) is 8.26. The molecule has 90 valence electrons. The summed E-state index contributed by atoms with van der Waals surface area (Å²) in [4.78, 5) is 4.81. The zero-order valence-corrected chi connectivity index (χ0v) is 11.5. The van der Waals surface area contributed by atoms with Crippen molar-refractivity contribution < 1.29 is 8.42 Å². The largest absolute Gasteiger partial charge is 0.302 e. The molecule has 1 aromatic heterocycles. The normalized spacial score (nSPS) is 17.4. The number of halogens is 1. The van der Waals surface area contributed by atoms with Crippen LogP contribution < -0.4 is 0 Å². The number of nitrogens with zero attached hydrogens (tertiary/aromatic N) is 1. The minimum absolute atomic E-state index is 0.0315. The van der Waals surface area contributed by atoms with E-state index in [1.165, 1.54) is 10.4 Å². The van der Waals surface area contributed by atoms with Gasteiger partial charge >= 0.3 is 0 Å². The zero-order valence-electron chi connectivity index (χ0n) is 9.07. The second kappa shape index (κ2) is 4.64. The molecule has 2 heterocycles. The fraction of sp³-hybridized carbons (Fsp3) is 0.600. The maximum Gasteiger partial charge on any atom is 0.232 e. The molecule has 0 unspecified atom stereocenters. The van der Waals surface area contributed by atoms with Gasteiger partial charge in [0.1, 0.15) is 0 Å². The molecule has 6 heteroatoms. The van der Waals surface area contributed by atoms with Crippen molar-refractivity contribution in [3.8, 4) is 0 Å². The molecule has 0 N–H and O–H groups in total. The fourth-order valence-electron chi connectivity index (χ4n) is 1.88. The quantitative estimate of drug-likeness (QED) is 0.793. The molecule has 0 saturated carbocycles. The lowest BCUT2D eigenvalue weighted by Gasteiger charge is -2.21. The van der Waals surface area contributed by atoms with Gasteiger partial charge in [-0.2, -0.15) is 0 Å². The van der Waals surface area contributed by atoms with Crippen molar-refractivity contribution in [1.82, 2.24) is 4.90 Å². The second-order valence-electron chi connectivity index (χ2n) is 4.14. The van der Waals surface area contributed by atoms with Crippen LogP contribution >= 0.6 is 22.0 Å². The van der Waals surface area contributed by atoms with E-state index in [-0.39, 0.29) is 5.75 Å².